The van der Waals surface area contributed by atoms with Gasteiger partial charge in [-0.25, -0.2) is 12.7 Å². The number of carbonyl (C=O) groups is 1. The van der Waals surface area contributed by atoms with E-state index in [4.69, 9.17) is 0 Å². The van der Waals surface area contributed by atoms with Crippen LogP contribution in [0.15, 0.2) is 0 Å². The largest absolute Gasteiger partial charge is 0.350 e. The van der Waals surface area contributed by atoms with Gasteiger partial charge >= 0.3 is 0 Å². The second-order valence-electron chi connectivity index (χ2n) is 5.79. The Balaban J connectivity index is 2.72. The number of hydrogen-bond acceptors (Lipinski definition) is 3. The number of carbonyl (C=O) groups excluding carboxylic acids is 1. The van der Waals surface area contributed by atoms with Gasteiger partial charge in [0.05, 0.1) is 12.2 Å². The first kappa shape index (κ1) is 17.4. The topological polar surface area (TPSA) is 66.5 Å². The van der Waals surface area contributed by atoms with Crippen LogP contribution in [0.4, 0.5) is 0 Å². The Labute approximate surface area is 123 Å². The zero-order valence-corrected chi connectivity index (χ0v) is 13.9. The smallest absolute Gasteiger partial charge is 0.224 e. The van der Waals surface area contributed by atoms with Gasteiger partial charge in [-0.2, -0.15) is 0 Å². The Morgan fingerprint density at radius 2 is 1.80 bits per heavy atom. The van der Waals surface area contributed by atoms with Crippen LogP contribution in [0, 0.1) is 5.92 Å². The van der Waals surface area contributed by atoms with Crippen molar-refractivity contribution in [2.45, 2.75) is 58.4 Å². The van der Waals surface area contributed by atoms with E-state index >= 15 is 0 Å². The van der Waals surface area contributed by atoms with Crippen molar-refractivity contribution in [3.05, 3.63) is 0 Å². The summed E-state index contributed by atoms with van der Waals surface area (Å²) in [6, 6.07) is 0. The summed E-state index contributed by atoms with van der Waals surface area (Å²) in [5, 5.41) is 3.16. The van der Waals surface area contributed by atoms with Crippen molar-refractivity contribution in [2.75, 3.05) is 19.3 Å². The molecular weight excluding hydrogens is 276 g/mol. The van der Waals surface area contributed by atoms with E-state index in [0.717, 1.165) is 32.1 Å². The average molecular weight is 304 g/mol. The van der Waals surface area contributed by atoms with Gasteiger partial charge in [0.25, 0.3) is 0 Å². The molecule has 1 rings (SSSR count). The highest BCUT2D eigenvalue weighted by molar-refractivity contribution is 7.88. The van der Waals surface area contributed by atoms with Gasteiger partial charge in [0.1, 0.15) is 0 Å². The lowest BCUT2D eigenvalue weighted by molar-refractivity contribution is -0.128. The molecule has 1 saturated heterocycles. The SMILES string of the molecule is CCC(CC)(CC)NC(=O)[C@@H]1CCCN(S(C)(=O)=O)C1. The quantitative estimate of drug-likeness (QED) is 0.813. The first-order valence-corrected chi connectivity index (χ1v) is 9.40. The lowest BCUT2D eigenvalue weighted by atomic mass is 9.88. The molecule has 1 atom stereocenters. The lowest BCUT2D eigenvalue weighted by Crippen LogP contribution is -2.52. The molecule has 6 heteroatoms. The van der Waals surface area contributed by atoms with Gasteiger partial charge in [0.2, 0.25) is 15.9 Å². The van der Waals surface area contributed by atoms with Crippen molar-refractivity contribution < 1.29 is 13.2 Å². The first-order chi connectivity index (χ1) is 9.28. The molecule has 0 aromatic carbocycles. The number of piperidine rings is 1. The van der Waals surface area contributed by atoms with Gasteiger partial charge in [-0.1, -0.05) is 20.8 Å². The van der Waals surface area contributed by atoms with Crippen LogP contribution in [-0.2, 0) is 14.8 Å². The van der Waals surface area contributed by atoms with E-state index in [1.807, 2.05) is 0 Å². The van der Waals surface area contributed by atoms with Crippen molar-refractivity contribution in [1.82, 2.24) is 9.62 Å². The highest BCUT2D eigenvalue weighted by Crippen LogP contribution is 2.23. The summed E-state index contributed by atoms with van der Waals surface area (Å²) in [4.78, 5) is 12.4. The van der Waals surface area contributed by atoms with E-state index in [2.05, 4.69) is 26.1 Å². The molecule has 0 saturated carbocycles. The summed E-state index contributed by atoms with van der Waals surface area (Å²) in [5.74, 6) is -0.216. The van der Waals surface area contributed by atoms with E-state index in [1.165, 1.54) is 10.6 Å². The van der Waals surface area contributed by atoms with Crippen LogP contribution in [-0.4, -0.2) is 43.5 Å². The van der Waals surface area contributed by atoms with Crippen molar-refractivity contribution >= 4 is 15.9 Å². The minimum Gasteiger partial charge on any atom is -0.350 e. The molecule has 1 amide bonds. The fraction of sp³-hybridized carbons (Fsp3) is 0.929. The maximum atomic E-state index is 12.4. The molecule has 0 aromatic rings. The Morgan fingerprint density at radius 1 is 1.25 bits per heavy atom. The number of hydrogen-bond donors (Lipinski definition) is 1. The summed E-state index contributed by atoms with van der Waals surface area (Å²) in [6.07, 6.45) is 5.42. The van der Waals surface area contributed by atoms with Crippen LogP contribution in [0.25, 0.3) is 0 Å². The maximum absolute atomic E-state index is 12.4. The minimum atomic E-state index is -3.20. The normalized spacial score (nSPS) is 21.7. The molecule has 0 aliphatic carbocycles. The van der Waals surface area contributed by atoms with E-state index in [0.29, 0.717) is 13.1 Å². The Bertz CT molecular complexity index is 421. The number of rotatable bonds is 6. The number of nitrogens with one attached hydrogen (secondary N) is 1. The molecule has 0 spiro atoms. The zero-order valence-electron chi connectivity index (χ0n) is 13.1. The van der Waals surface area contributed by atoms with Gasteiger partial charge < -0.3 is 5.32 Å². The van der Waals surface area contributed by atoms with Crippen molar-refractivity contribution in [3.8, 4) is 0 Å². The zero-order chi connectivity index (χ0) is 15.4. The standard InChI is InChI=1S/C14H28N2O3S/c1-5-14(6-2,7-3)15-13(17)12-9-8-10-16(11-12)20(4,18)19/h12H,5-11H2,1-4H3,(H,15,17)/t12-/m1/s1. The highest BCUT2D eigenvalue weighted by Gasteiger charge is 2.33. The fourth-order valence-electron chi connectivity index (χ4n) is 2.84. The molecule has 0 aromatic heterocycles. The highest BCUT2D eigenvalue weighted by atomic mass is 32.2. The summed E-state index contributed by atoms with van der Waals surface area (Å²) in [6.45, 7) is 7.09. The molecule has 0 unspecified atom stereocenters. The fourth-order valence-corrected chi connectivity index (χ4v) is 3.75. The van der Waals surface area contributed by atoms with E-state index in [-0.39, 0.29) is 17.4 Å². The summed E-state index contributed by atoms with van der Waals surface area (Å²) in [5.41, 5.74) is -0.148. The van der Waals surface area contributed by atoms with Gasteiger partial charge in [-0.3, -0.25) is 4.79 Å². The Hall–Kier alpha value is -0.620. The first-order valence-electron chi connectivity index (χ1n) is 7.55. The summed E-state index contributed by atoms with van der Waals surface area (Å²) < 4.78 is 24.6. The van der Waals surface area contributed by atoms with Gasteiger partial charge in [0.15, 0.2) is 0 Å². The van der Waals surface area contributed by atoms with E-state index < -0.39 is 10.0 Å². The predicted octanol–water partition coefficient (Wildman–Crippen LogP) is 1.74. The summed E-state index contributed by atoms with van der Waals surface area (Å²) in [7, 11) is -3.20. The average Bonchev–Trinajstić information content (AvgIpc) is 2.44. The van der Waals surface area contributed by atoms with Gasteiger partial charge in [-0.05, 0) is 32.1 Å². The molecule has 1 N–H and O–H groups in total. The molecule has 1 fully saturated rings. The molecule has 5 nitrogen and oxygen atoms in total. The minimum absolute atomic E-state index is 0.00361. The molecule has 1 heterocycles. The van der Waals surface area contributed by atoms with E-state index in [1.54, 1.807) is 0 Å². The molecule has 118 valence electrons. The van der Waals surface area contributed by atoms with Crippen molar-refractivity contribution in [2.24, 2.45) is 5.92 Å². The second kappa shape index (κ2) is 6.89. The van der Waals surface area contributed by atoms with Crippen molar-refractivity contribution in [1.29, 1.82) is 0 Å². The molecule has 0 radical (unpaired) electrons. The molecular formula is C14H28N2O3S. The molecule has 20 heavy (non-hydrogen) atoms. The number of sulfonamides is 1. The number of amides is 1. The number of nitrogens with zero attached hydrogens (tertiary/aromatic N) is 1. The summed E-state index contributed by atoms with van der Waals surface area (Å²) >= 11 is 0. The van der Waals surface area contributed by atoms with Crippen molar-refractivity contribution in [3.63, 3.8) is 0 Å². The van der Waals surface area contributed by atoms with Gasteiger partial charge in [0, 0.05) is 18.6 Å². The lowest BCUT2D eigenvalue weighted by Gasteiger charge is -2.36. The van der Waals surface area contributed by atoms with Crippen LogP contribution in [0.2, 0.25) is 0 Å². The Morgan fingerprint density at radius 3 is 2.25 bits per heavy atom. The third kappa shape index (κ3) is 4.19. The molecule has 1 aliphatic rings. The molecule has 1 aliphatic heterocycles. The van der Waals surface area contributed by atoms with E-state index in [9.17, 15) is 13.2 Å². The van der Waals surface area contributed by atoms with Crippen LogP contribution < -0.4 is 5.32 Å². The second-order valence-corrected chi connectivity index (χ2v) is 7.77. The van der Waals surface area contributed by atoms with Gasteiger partial charge in [-0.15, -0.1) is 0 Å². The Kier molecular flexibility index (Phi) is 6.01. The molecule has 0 bridgehead atoms. The van der Waals surface area contributed by atoms with Crippen LogP contribution in [0.3, 0.4) is 0 Å². The van der Waals surface area contributed by atoms with Crippen LogP contribution in [0.5, 0.6) is 0 Å². The monoisotopic (exact) mass is 304 g/mol. The predicted molar refractivity (Wildman–Crippen MR) is 80.9 cm³/mol. The van der Waals surface area contributed by atoms with Crippen LogP contribution >= 0.6 is 0 Å². The third-order valence-electron chi connectivity index (χ3n) is 4.64. The maximum Gasteiger partial charge on any atom is 0.224 e. The van der Waals surface area contributed by atoms with Crippen LogP contribution in [0.1, 0.15) is 52.9 Å². The third-order valence-corrected chi connectivity index (χ3v) is 5.91.